The van der Waals surface area contributed by atoms with E-state index in [2.05, 4.69) is 40.8 Å². The van der Waals surface area contributed by atoms with Gasteiger partial charge in [-0.3, -0.25) is 19.1 Å². The number of likely N-dealkylation sites (N-methyl/N-ethyl adjacent to an activating group) is 1. The van der Waals surface area contributed by atoms with Gasteiger partial charge in [-0.25, -0.2) is 4.79 Å². The average molecular weight is 570 g/mol. The van der Waals surface area contributed by atoms with Gasteiger partial charge in [-0.2, -0.15) is 5.26 Å². The van der Waals surface area contributed by atoms with Crippen molar-refractivity contribution in [3.05, 3.63) is 104 Å². The monoisotopic (exact) mass is 569 g/mol. The smallest absolute Gasteiger partial charge is 0.357 e. The molecule has 41 heavy (non-hydrogen) atoms. The van der Waals surface area contributed by atoms with E-state index in [1.807, 2.05) is 36.2 Å². The third-order valence-corrected chi connectivity index (χ3v) is 6.72. The Hall–Kier alpha value is -4.90. The number of thiazole rings is 1. The molecule has 0 saturated heterocycles. The third kappa shape index (κ3) is 9.36. The minimum Gasteiger partial charge on any atom is -0.457 e. The van der Waals surface area contributed by atoms with Gasteiger partial charge in [-0.15, -0.1) is 0 Å². The normalized spacial score (nSPS) is 10.1. The molecule has 0 atom stereocenters. The molecular formula is C31H31N5O4S. The highest BCUT2D eigenvalue weighted by Gasteiger charge is 2.11. The van der Waals surface area contributed by atoms with Gasteiger partial charge in [0.2, 0.25) is 5.91 Å². The summed E-state index contributed by atoms with van der Waals surface area (Å²) in [6.45, 7) is 6.53. The fraction of sp³-hybridized carbons (Fsp3) is 0.226. The first-order valence-electron chi connectivity index (χ1n) is 12.9. The number of amides is 1. The minimum absolute atomic E-state index is 0.0408. The van der Waals surface area contributed by atoms with E-state index in [4.69, 9.17) is 4.74 Å². The summed E-state index contributed by atoms with van der Waals surface area (Å²) in [6.07, 6.45) is 3.74. The van der Waals surface area contributed by atoms with E-state index in [9.17, 15) is 19.6 Å². The summed E-state index contributed by atoms with van der Waals surface area (Å²) in [6, 6.07) is 19.1. The summed E-state index contributed by atoms with van der Waals surface area (Å²) >= 11 is 1.05. The Morgan fingerprint density at radius 1 is 1.17 bits per heavy atom. The fourth-order valence-electron chi connectivity index (χ4n) is 3.68. The maximum Gasteiger partial charge on any atom is 0.357 e. The van der Waals surface area contributed by atoms with Gasteiger partial charge in [0.05, 0.1) is 6.54 Å². The van der Waals surface area contributed by atoms with Crippen molar-refractivity contribution in [3.63, 3.8) is 0 Å². The van der Waals surface area contributed by atoms with Crippen molar-refractivity contribution >= 4 is 46.1 Å². The van der Waals surface area contributed by atoms with Gasteiger partial charge < -0.3 is 15.4 Å². The number of aromatic nitrogens is 1. The summed E-state index contributed by atoms with van der Waals surface area (Å²) < 4.78 is 6.86. The standard InChI is InChI=1S/C31H31N5O4S/c1-4-18-40-31(39)24(21-32)19-29-36(5-2)30(38)27(41-29)14-16-33-25-12-9-13-26(20-25)34-28(37)22-35(3)17-15-23-10-7-6-8-11-23/h4,6-13,16,20,33H,1,5,15,17-18,22H2,2-3H3,(H,34,37). The van der Waals surface area contributed by atoms with Crippen molar-refractivity contribution in [2.24, 2.45) is 0 Å². The molecule has 0 aliphatic carbocycles. The van der Waals surface area contributed by atoms with Crippen LogP contribution in [0.3, 0.4) is 0 Å². The number of rotatable bonds is 12. The van der Waals surface area contributed by atoms with Gasteiger partial charge in [0.1, 0.15) is 21.9 Å². The topological polar surface area (TPSA) is 116 Å². The lowest BCUT2D eigenvalue weighted by molar-refractivity contribution is -0.137. The molecule has 0 saturated carbocycles. The number of anilines is 2. The van der Waals surface area contributed by atoms with Crippen LogP contribution in [0.15, 0.2) is 83.8 Å². The Bertz CT molecular complexity index is 1690. The van der Waals surface area contributed by atoms with Crippen molar-refractivity contribution in [1.82, 2.24) is 9.47 Å². The molecule has 1 heterocycles. The second-order valence-corrected chi connectivity index (χ2v) is 9.82. The molecule has 0 unspecified atom stereocenters. The lowest BCUT2D eigenvalue weighted by atomic mass is 10.1. The van der Waals surface area contributed by atoms with Gasteiger partial charge in [-0.05, 0) is 44.2 Å². The first-order valence-corrected chi connectivity index (χ1v) is 13.7. The number of benzene rings is 2. The van der Waals surface area contributed by atoms with Crippen molar-refractivity contribution in [2.75, 3.05) is 37.4 Å². The molecule has 2 N–H and O–H groups in total. The highest BCUT2D eigenvalue weighted by atomic mass is 32.1. The Kier molecular flexibility index (Phi) is 11.7. The molecule has 0 bridgehead atoms. The summed E-state index contributed by atoms with van der Waals surface area (Å²) in [4.78, 5) is 39.4. The third-order valence-electron chi connectivity index (χ3n) is 5.71. The van der Waals surface area contributed by atoms with Crippen LogP contribution < -0.4 is 25.4 Å². The quantitative estimate of drug-likeness (QED) is 0.149. The average Bonchev–Trinajstić information content (AvgIpc) is 3.27. The Morgan fingerprint density at radius 2 is 1.93 bits per heavy atom. The van der Waals surface area contributed by atoms with Crippen LogP contribution in [0.4, 0.5) is 11.4 Å². The largest absolute Gasteiger partial charge is 0.457 e. The first-order chi connectivity index (χ1) is 19.8. The number of nitriles is 1. The van der Waals surface area contributed by atoms with E-state index in [1.165, 1.54) is 22.4 Å². The minimum atomic E-state index is -0.843. The molecular weight excluding hydrogens is 538 g/mol. The molecule has 0 aliphatic heterocycles. The zero-order valence-electron chi connectivity index (χ0n) is 23.0. The molecule has 10 heteroatoms. The number of ether oxygens (including phenoxy) is 1. The number of nitrogens with one attached hydrogen (secondary N) is 2. The van der Waals surface area contributed by atoms with Gasteiger partial charge >= 0.3 is 5.97 Å². The molecule has 0 aliphatic rings. The molecule has 1 amide bonds. The summed E-state index contributed by atoms with van der Waals surface area (Å²) in [5, 5.41) is 15.3. The summed E-state index contributed by atoms with van der Waals surface area (Å²) in [5.41, 5.74) is 7.48. The highest BCUT2D eigenvalue weighted by molar-refractivity contribution is 7.07. The van der Waals surface area contributed by atoms with Crippen LogP contribution in [0, 0.1) is 11.3 Å². The first kappa shape index (κ1) is 30.6. The van der Waals surface area contributed by atoms with Crippen molar-refractivity contribution in [1.29, 1.82) is 5.26 Å². The van der Waals surface area contributed by atoms with E-state index in [-0.39, 0.29) is 34.7 Å². The second-order valence-electron chi connectivity index (χ2n) is 8.82. The van der Waals surface area contributed by atoms with Gasteiger partial charge in [0.25, 0.3) is 5.56 Å². The molecule has 3 rings (SSSR count). The summed E-state index contributed by atoms with van der Waals surface area (Å²) in [5.74, 6) is -0.968. The number of carbonyl (C=O) groups is 2. The zero-order chi connectivity index (χ0) is 29.6. The van der Waals surface area contributed by atoms with E-state index in [0.29, 0.717) is 22.6 Å². The van der Waals surface area contributed by atoms with Crippen LogP contribution in [0.25, 0.3) is 11.5 Å². The number of esters is 1. The van der Waals surface area contributed by atoms with Crippen LogP contribution in [-0.4, -0.2) is 48.1 Å². The van der Waals surface area contributed by atoms with Crippen molar-refractivity contribution in [3.8, 4) is 6.07 Å². The second kappa shape index (κ2) is 15.6. The molecule has 3 aromatic rings. The molecule has 0 radical (unpaired) electrons. The molecule has 0 spiro atoms. The molecule has 1 aromatic heterocycles. The lowest BCUT2D eigenvalue weighted by Gasteiger charge is -2.16. The predicted molar refractivity (Wildman–Crippen MR) is 162 cm³/mol. The van der Waals surface area contributed by atoms with E-state index >= 15 is 0 Å². The number of hydrogen-bond donors (Lipinski definition) is 2. The molecule has 210 valence electrons. The van der Waals surface area contributed by atoms with Crippen molar-refractivity contribution < 1.29 is 14.3 Å². The fourth-order valence-corrected chi connectivity index (χ4v) is 4.67. The number of hydrogen-bond acceptors (Lipinski definition) is 8. The SMILES string of the molecule is C=CCOC(=O)C(=C=c1sc(=C=CNc2cccc(NC(=O)CN(C)CCc3ccccc3)c2)c(=O)n1CC)C#N. The summed E-state index contributed by atoms with van der Waals surface area (Å²) in [7, 11) is 1.91. The van der Waals surface area contributed by atoms with Gasteiger partial charge in [0.15, 0.2) is 5.57 Å². The van der Waals surface area contributed by atoms with Crippen LogP contribution in [0.2, 0.25) is 0 Å². The number of nitrogens with zero attached hydrogens (tertiary/aromatic N) is 3. The Balaban J connectivity index is 1.71. The van der Waals surface area contributed by atoms with Crippen LogP contribution in [-0.2, 0) is 27.3 Å². The predicted octanol–water partition coefficient (Wildman–Crippen LogP) is 2.61. The van der Waals surface area contributed by atoms with Crippen LogP contribution in [0.1, 0.15) is 12.5 Å². The lowest BCUT2D eigenvalue weighted by Crippen LogP contribution is -2.31. The van der Waals surface area contributed by atoms with Gasteiger partial charge in [0, 0.05) is 30.7 Å². The molecule has 2 aromatic carbocycles. The molecule has 0 fully saturated rings. The van der Waals surface area contributed by atoms with Crippen LogP contribution >= 0.6 is 11.3 Å². The van der Waals surface area contributed by atoms with Crippen molar-refractivity contribution in [2.45, 2.75) is 19.9 Å². The van der Waals surface area contributed by atoms with E-state index < -0.39 is 5.97 Å². The Morgan fingerprint density at radius 3 is 2.63 bits per heavy atom. The Labute approximate surface area is 242 Å². The van der Waals surface area contributed by atoms with Gasteiger partial charge in [-0.1, -0.05) is 71.9 Å². The zero-order valence-corrected chi connectivity index (χ0v) is 23.8. The van der Waals surface area contributed by atoms with E-state index in [0.717, 1.165) is 24.3 Å². The van der Waals surface area contributed by atoms with E-state index in [1.54, 1.807) is 31.2 Å². The van der Waals surface area contributed by atoms with Crippen LogP contribution in [0.5, 0.6) is 0 Å². The molecule has 9 nitrogen and oxygen atoms in total. The highest BCUT2D eigenvalue weighted by Crippen LogP contribution is 2.15. The maximum absolute atomic E-state index is 12.8. The maximum atomic E-state index is 12.8. The number of carbonyl (C=O) groups excluding carboxylic acids is 2.